The van der Waals surface area contributed by atoms with Crippen LogP contribution in [0.15, 0.2) is 12.1 Å². The second kappa shape index (κ2) is 5.67. The minimum atomic E-state index is -4.79. The van der Waals surface area contributed by atoms with Gasteiger partial charge in [-0.15, -0.1) is 0 Å². The molecule has 0 aromatic carbocycles. The van der Waals surface area contributed by atoms with Gasteiger partial charge in [0.2, 0.25) is 0 Å². The molecule has 0 aliphatic rings. The molecule has 0 saturated heterocycles. The molecule has 1 rings (SSSR count). The monoisotopic (exact) mass is 281 g/mol. The summed E-state index contributed by atoms with van der Waals surface area (Å²) in [4.78, 5) is 13.5. The van der Waals surface area contributed by atoms with Crippen molar-refractivity contribution >= 4 is 17.3 Å². The Labute approximate surface area is 104 Å². The number of hydrogen-bond donors (Lipinski definition) is 4. The lowest BCUT2D eigenvalue weighted by Crippen LogP contribution is -2.35. The fourth-order valence-electron chi connectivity index (χ4n) is 1.10. The Morgan fingerprint density at radius 3 is 2.53 bits per heavy atom. The predicted octanol–water partition coefficient (Wildman–Crippen LogP) is 0.610. The first-order valence-electron chi connectivity index (χ1n) is 4.85. The van der Waals surface area contributed by atoms with Gasteiger partial charge < -0.3 is 15.8 Å². The zero-order valence-corrected chi connectivity index (χ0v) is 9.31. The van der Waals surface area contributed by atoms with Gasteiger partial charge >= 0.3 is 6.18 Å². The van der Waals surface area contributed by atoms with E-state index < -0.39 is 29.4 Å². The smallest absolute Gasteiger partial charge is 0.382 e. The van der Waals surface area contributed by atoms with Crippen LogP contribution >= 0.6 is 0 Å². The van der Waals surface area contributed by atoms with Gasteiger partial charge in [0.1, 0.15) is 11.6 Å². The highest BCUT2D eigenvalue weighted by molar-refractivity contribution is 5.54. The molecule has 1 atom stereocenters. The fourth-order valence-corrected chi connectivity index (χ4v) is 1.10. The van der Waals surface area contributed by atoms with Gasteiger partial charge in [-0.25, -0.2) is 10.8 Å². The molecule has 1 aromatic heterocycles. The summed E-state index contributed by atoms with van der Waals surface area (Å²) in [7, 11) is 0. The summed E-state index contributed by atoms with van der Waals surface area (Å²) in [6, 6.07) is 1.93. The van der Waals surface area contributed by atoms with Crippen molar-refractivity contribution in [3.05, 3.63) is 22.2 Å². The minimum Gasteiger partial charge on any atom is -0.382 e. The van der Waals surface area contributed by atoms with Crippen molar-refractivity contribution in [2.75, 3.05) is 17.3 Å². The van der Waals surface area contributed by atoms with Crippen LogP contribution in [-0.4, -0.2) is 33.8 Å². The number of rotatable bonds is 5. The number of nitrogens with two attached hydrogens (primary N) is 1. The zero-order chi connectivity index (χ0) is 14.6. The van der Waals surface area contributed by atoms with E-state index in [2.05, 4.69) is 10.3 Å². The van der Waals surface area contributed by atoms with Crippen LogP contribution in [0.25, 0.3) is 0 Å². The van der Waals surface area contributed by atoms with Gasteiger partial charge in [-0.05, 0) is 0 Å². The van der Waals surface area contributed by atoms with Gasteiger partial charge in [-0.3, -0.25) is 10.1 Å². The normalized spacial score (nSPS) is 12.9. The summed E-state index contributed by atoms with van der Waals surface area (Å²) in [6.45, 7) is -0.887. The van der Waals surface area contributed by atoms with Crippen LogP contribution < -0.4 is 16.6 Å². The molecule has 0 fully saturated rings. The number of anilines is 2. The van der Waals surface area contributed by atoms with Crippen LogP contribution in [0.5, 0.6) is 0 Å². The van der Waals surface area contributed by atoms with E-state index in [1.54, 1.807) is 0 Å². The number of alkyl halides is 3. The number of nitrogens with one attached hydrogen (secondary N) is 2. The summed E-state index contributed by atoms with van der Waals surface area (Å²) in [5, 5.41) is 21.5. The standard InChI is InChI=1S/C8H10F3N5O3/c9-8(10,11)5(17)3-13-6-1-4(16(18)19)2-7(14-6)15-12/h1-2,5,17H,3,12H2,(H2,13,14,15). The lowest BCUT2D eigenvalue weighted by Gasteiger charge is -2.15. The van der Waals surface area contributed by atoms with Crippen LogP contribution in [0, 0.1) is 10.1 Å². The topological polar surface area (TPSA) is 126 Å². The number of aromatic nitrogens is 1. The molecule has 1 heterocycles. The highest BCUT2D eigenvalue weighted by atomic mass is 19.4. The third-order valence-corrected chi connectivity index (χ3v) is 2.02. The Kier molecular flexibility index (Phi) is 4.45. The number of hydrazine groups is 1. The first-order chi connectivity index (χ1) is 8.74. The van der Waals surface area contributed by atoms with Crippen LogP contribution in [0.1, 0.15) is 0 Å². The largest absolute Gasteiger partial charge is 0.416 e. The van der Waals surface area contributed by atoms with E-state index in [9.17, 15) is 23.3 Å². The molecule has 0 spiro atoms. The van der Waals surface area contributed by atoms with Crippen molar-refractivity contribution < 1.29 is 23.2 Å². The fraction of sp³-hybridized carbons (Fsp3) is 0.375. The van der Waals surface area contributed by atoms with Gasteiger partial charge in [-0.2, -0.15) is 13.2 Å². The Morgan fingerprint density at radius 1 is 1.47 bits per heavy atom. The summed E-state index contributed by atoms with van der Waals surface area (Å²) < 4.78 is 36.2. The maximum absolute atomic E-state index is 12.1. The Morgan fingerprint density at radius 2 is 2.05 bits per heavy atom. The molecular weight excluding hydrogens is 271 g/mol. The Bertz CT molecular complexity index is 467. The first-order valence-corrected chi connectivity index (χ1v) is 4.85. The molecule has 0 radical (unpaired) electrons. The van der Waals surface area contributed by atoms with E-state index in [4.69, 9.17) is 10.9 Å². The molecule has 11 heteroatoms. The number of hydrogen-bond acceptors (Lipinski definition) is 7. The van der Waals surface area contributed by atoms with Gasteiger partial charge in [0.15, 0.2) is 6.10 Å². The number of nitrogens with zero attached hydrogens (tertiary/aromatic N) is 2. The van der Waals surface area contributed by atoms with Crippen LogP contribution in [0.2, 0.25) is 0 Å². The number of halogens is 3. The second-order valence-electron chi connectivity index (χ2n) is 3.44. The van der Waals surface area contributed by atoms with E-state index in [0.29, 0.717) is 0 Å². The molecular formula is C8H10F3N5O3. The third kappa shape index (κ3) is 4.22. The second-order valence-corrected chi connectivity index (χ2v) is 3.44. The van der Waals surface area contributed by atoms with E-state index >= 15 is 0 Å². The highest BCUT2D eigenvalue weighted by Gasteiger charge is 2.37. The molecule has 106 valence electrons. The summed E-state index contributed by atoms with van der Waals surface area (Å²) >= 11 is 0. The molecule has 19 heavy (non-hydrogen) atoms. The van der Waals surface area contributed by atoms with Crippen molar-refractivity contribution in [1.29, 1.82) is 0 Å². The summed E-state index contributed by atoms with van der Waals surface area (Å²) in [6.07, 6.45) is -7.40. The number of aliphatic hydroxyl groups excluding tert-OH is 1. The van der Waals surface area contributed by atoms with Crippen LogP contribution in [0.4, 0.5) is 30.5 Å². The van der Waals surface area contributed by atoms with E-state index in [-0.39, 0.29) is 11.6 Å². The molecule has 0 saturated carbocycles. The maximum atomic E-state index is 12.1. The van der Waals surface area contributed by atoms with Gasteiger partial charge in [0.25, 0.3) is 5.69 Å². The zero-order valence-electron chi connectivity index (χ0n) is 9.31. The van der Waals surface area contributed by atoms with Gasteiger partial charge in [-0.1, -0.05) is 0 Å². The van der Waals surface area contributed by atoms with Gasteiger partial charge in [0.05, 0.1) is 23.6 Å². The highest BCUT2D eigenvalue weighted by Crippen LogP contribution is 2.22. The molecule has 8 nitrogen and oxygen atoms in total. The van der Waals surface area contributed by atoms with E-state index in [1.165, 1.54) is 0 Å². The van der Waals surface area contributed by atoms with Crippen molar-refractivity contribution in [1.82, 2.24) is 4.98 Å². The van der Waals surface area contributed by atoms with E-state index in [1.807, 2.05) is 5.43 Å². The third-order valence-electron chi connectivity index (χ3n) is 2.02. The number of nitro groups is 1. The van der Waals surface area contributed by atoms with Crippen LogP contribution in [-0.2, 0) is 0 Å². The number of pyridine rings is 1. The van der Waals surface area contributed by atoms with Crippen molar-refractivity contribution in [3.63, 3.8) is 0 Å². The summed E-state index contributed by atoms with van der Waals surface area (Å²) in [5.74, 6) is 4.70. The maximum Gasteiger partial charge on any atom is 0.416 e. The lowest BCUT2D eigenvalue weighted by atomic mass is 10.3. The molecule has 1 unspecified atom stereocenters. The molecule has 1 aromatic rings. The first kappa shape index (κ1) is 14.9. The quantitative estimate of drug-likeness (QED) is 0.354. The van der Waals surface area contributed by atoms with Crippen molar-refractivity contribution in [2.24, 2.45) is 5.84 Å². The van der Waals surface area contributed by atoms with Crippen LogP contribution in [0.3, 0.4) is 0 Å². The molecule has 0 bridgehead atoms. The molecule has 0 aliphatic carbocycles. The predicted molar refractivity (Wildman–Crippen MR) is 59.3 cm³/mol. The minimum absolute atomic E-state index is 0.0989. The van der Waals surface area contributed by atoms with E-state index in [0.717, 1.165) is 12.1 Å². The lowest BCUT2D eigenvalue weighted by molar-refractivity contribution is -0.384. The van der Waals surface area contributed by atoms with Crippen molar-refractivity contribution in [2.45, 2.75) is 12.3 Å². The molecule has 0 aliphatic heterocycles. The van der Waals surface area contributed by atoms with Gasteiger partial charge in [0, 0.05) is 0 Å². The Balaban J connectivity index is 2.83. The molecule has 0 amide bonds. The SMILES string of the molecule is NNc1cc([N+](=O)[O-])cc(NCC(O)C(F)(F)F)n1. The Hall–Kier alpha value is -2.14. The summed E-state index contributed by atoms with van der Waals surface area (Å²) in [5.41, 5.74) is 1.63. The average molecular weight is 281 g/mol. The average Bonchev–Trinajstić information content (AvgIpc) is 2.34. The van der Waals surface area contributed by atoms with Crippen molar-refractivity contribution in [3.8, 4) is 0 Å². The molecule has 5 N–H and O–H groups in total. The number of nitrogen functional groups attached to an aromatic ring is 1. The number of aliphatic hydroxyl groups is 1.